The Hall–Kier alpha value is -3.64. The highest BCUT2D eigenvalue weighted by Gasteiger charge is 2.19. The van der Waals surface area contributed by atoms with Crippen LogP contribution in [0.15, 0.2) is 60.8 Å². The number of nitrogens with zero attached hydrogens (tertiary/aromatic N) is 4. The molecule has 2 aliphatic rings. The normalized spacial score (nSPS) is 15.6. The molecule has 6 nitrogen and oxygen atoms in total. The van der Waals surface area contributed by atoms with Crippen LogP contribution in [0.2, 0.25) is 0 Å². The van der Waals surface area contributed by atoms with Gasteiger partial charge in [-0.05, 0) is 78.7 Å². The van der Waals surface area contributed by atoms with E-state index in [-0.39, 0.29) is 5.91 Å². The standard InChI is InChI=1S/C28H31N5O/c1-31(2)28(34)21-6-4-20(5-7-21)23-18-22-12-13-29-27(26(22)19-23)30-24-8-10-25(11-9-24)33-16-14-32(3)15-17-33/h4-13,19H,14-18H2,1-3H3,(H,29,30). The Morgan fingerprint density at radius 2 is 1.65 bits per heavy atom. The van der Waals surface area contributed by atoms with Gasteiger partial charge in [-0.25, -0.2) is 4.98 Å². The third-order valence-electron chi connectivity index (χ3n) is 6.69. The van der Waals surface area contributed by atoms with E-state index < -0.39 is 0 Å². The van der Waals surface area contributed by atoms with Gasteiger partial charge in [-0.2, -0.15) is 0 Å². The SMILES string of the molecule is CN1CCN(c2ccc(Nc3nccc4c3C=C(c3ccc(C(=O)N(C)C)cc3)C4)cc2)CC1. The van der Waals surface area contributed by atoms with Crippen molar-refractivity contribution in [2.24, 2.45) is 0 Å². The van der Waals surface area contributed by atoms with Crippen LogP contribution in [0.4, 0.5) is 17.2 Å². The summed E-state index contributed by atoms with van der Waals surface area (Å²) < 4.78 is 0. The van der Waals surface area contributed by atoms with E-state index in [0.717, 1.165) is 55.2 Å². The molecule has 2 aromatic carbocycles. The third-order valence-corrected chi connectivity index (χ3v) is 6.69. The van der Waals surface area contributed by atoms with Crippen LogP contribution in [0, 0.1) is 0 Å². The summed E-state index contributed by atoms with van der Waals surface area (Å²) in [6.07, 6.45) is 4.94. The van der Waals surface area contributed by atoms with E-state index in [9.17, 15) is 4.79 Å². The molecule has 1 fully saturated rings. The van der Waals surface area contributed by atoms with E-state index in [0.29, 0.717) is 5.56 Å². The number of allylic oxidation sites excluding steroid dienone is 1. The van der Waals surface area contributed by atoms with Crippen molar-refractivity contribution in [3.05, 3.63) is 83.0 Å². The number of piperazine rings is 1. The molecule has 6 heteroatoms. The second kappa shape index (κ2) is 9.31. The minimum Gasteiger partial charge on any atom is -0.369 e. The number of aromatic nitrogens is 1. The number of carbonyl (C=O) groups is 1. The predicted octanol–water partition coefficient (Wildman–Crippen LogP) is 4.38. The number of rotatable bonds is 5. The van der Waals surface area contributed by atoms with Crippen molar-refractivity contribution in [1.29, 1.82) is 0 Å². The number of hydrogen-bond donors (Lipinski definition) is 1. The van der Waals surface area contributed by atoms with Crippen molar-refractivity contribution in [2.45, 2.75) is 6.42 Å². The molecule has 1 aliphatic carbocycles. The van der Waals surface area contributed by atoms with Crippen LogP contribution in [0.5, 0.6) is 0 Å². The Morgan fingerprint density at radius 1 is 0.941 bits per heavy atom. The summed E-state index contributed by atoms with van der Waals surface area (Å²) in [6.45, 7) is 4.33. The second-order valence-electron chi connectivity index (χ2n) is 9.32. The van der Waals surface area contributed by atoms with Gasteiger partial charge in [0.25, 0.3) is 5.91 Å². The van der Waals surface area contributed by atoms with E-state index in [1.165, 1.54) is 16.8 Å². The van der Waals surface area contributed by atoms with E-state index in [1.54, 1.807) is 19.0 Å². The minimum atomic E-state index is 0.0181. The quantitative estimate of drug-likeness (QED) is 0.622. The summed E-state index contributed by atoms with van der Waals surface area (Å²) in [7, 11) is 5.72. The molecule has 34 heavy (non-hydrogen) atoms. The van der Waals surface area contributed by atoms with Crippen LogP contribution >= 0.6 is 0 Å². The van der Waals surface area contributed by atoms with Crippen molar-refractivity contribution < 1.29 is 4.79 Å². The van der Waals surface area contributed by atoms with Crippen molar-refractivity contribution in [3.63, 3.8) is 0 Å². The zero-order chi connectivity index (χ0) is 23.7. The summed E-state index contributed by atoms with van der Waals surface area (Å²) in [4.78, 5) is 23.2. The number of amides is 1. The summed E-state index contributed by atoms with van der Waals surface area (Å²) in [5, 5.41) is 3.52. The fourth-order valence-corrected chi connectivity index (χ4v) is 4.59. The number of nitrogens with one attached hydrogen (secondary N) is 1. The summed E-state index contributed by atoms with van der Waals surface area (Å²) in [6, 6.07) is 18.6. The molecule has 174 valence electrons. The molecule has 0 saturated carbocycles. The highest BCUT2D eigenvalue weighted by molar-refractivity contribution is 5.96. The van der Waals surface area contributed by atoms with Crippen molar-refractivity contribution >= 4 is 34.7 Å². The summed E-state index contributed by atoms with van der Waals surface area (Å²) >= 11 is 0. The van der Waals surface area contributed by atoms with E-state index in [2.05, 4.69) is 63.6 Å². The maximum Gasteiger partial charge on any atom is 0.253 e. The molecule has 0 bridgehead atoms. The van der Waals surface area contributed by atoms with Crippen LogP contribution < -0.4 is 10.2 Å². The second-order valence-corrected chi connectivity index (χ2v) is 9.32. The van der Waals surface area contributed by atoms with Gasteiger partial charge in [0.05, 0.1) is 0 Å². The Bertz CT molecular complexity index is 1210. The maximum absolute atomic E-state index is 12.2. The molecular weight excluding hydrogens is 422 g/mol. The van der Waals surface area contributed by atoms with Gasteiger partial charge in [-0.15, -0.1) is 0 Å². The lowest BCUT2D eigenvalue weighted by Crippen LogP contribution is -2.44. The van der Waals surface area contributed by atoms with E-state index in [1.807, 2.05) is 30.5 Å². The smallest absolute Gasteiger partial charge is 0.253 e. The van der Waals surface area contributed by atoms with E-state index >= 15 is 0 Å². The molecule has 1 amide bonds. The Balaban J connectivity index is 1.32. The Kier molecular flexibility index (Phi) is 6.07. The molecule has 1 N–H and O–H groups in total. The molecule has 3 aromatic rings. The van der Waals surface area contributed by atoms with Gasteiger partial charge in [0, 0.05) is 69.0 Å². The first kappa shape index (κ1) is 22.2. The number of hydrogen-bond acceptors (Lipinski definition) is 5. The first-order valence-electron chi connectivity index (χ1n) is 11.8. The van der Waals surface area contributed by atoms with Crippen molar-refractivity contribution in [2.75, 3.05) is 57.5 Å². The third kappa shape index (κ3) is 4.54. The van der Waals surface area contributed by atoms with Gasteiger partial charge >= 0.3 is 0 Å². The molecule has 1 aromatic heterocycles. The number of carbonyl (C=O) groups excluding carboxylic acids is 1. The minimum absolute atomic E-state index is 0.0181. The first-order valence-corrected chi connectivity index (χ1v) is 11.8. The molecule has 0 atom stereocenters. The predicted molar refractivity (Wildman–Crippen MR) is 140 cm³/mol. The van der Waals surface area contributed by atoms with Gasteiger partial charge in [-0.1, -0.05) is 12.1 Å². The lowest BCUT2D eigenvalue weighted by Gasteiger charge is -2.34. The number of likely N-dealkylation sites (N-methyl/N-ethyl adjacent to an activating group) is 1. The fraction of sp³-hybridized carbons (Fsp3) is 0.286. The highest BCUT2D eigenvalue weighted by atomic mass is 16.2. The highest BCUT2D eigenvalue weighted by Crippen LogP contribution is 2.36. The number of pyridine rings is 1. The van der Waals surface area contributed by atoms with Crippen molar-refractivity contribution in [3.8, 4) is 0 Å². The van der Waals surface area contributed by atoms with Crippen LogP contribution in [0.3, 0.4) is 0 Å². The fourth-order valence-electron chi connectivity index (χ4n) is 4.59. The van der Waals surface area contributed by atoms with Gasteiger partial charge in [-0.3, -0.25) is 4.79 Å². The molecule has 2 heterocycles. The zero-order valence-corrected chi connectivity index (χ0v) is 20.1. The summed E-state index contributed by atoms with van der Waals surface area (Å²) in [5.74, 6) is 0.892. The van der Waals surface area contributed by atoms with Gasteiger partial charge in [0.1, 0.15) is 5.82 Å². The molecule has 1 saturated heterocycles. The monoisotopic (exact) mass is 453 g/mol. The number of benzene rings is 2. The zero-order valence-electron chi connectivity index (χ0n) is 20.1. The van der Waals surface area contributed by atoms with E-state index in [4.69, 9.17) is 0 Å². The molecule has 0 unspecified atom stereocenters. The van der Waals surface area contributed by atoms with Crippen LogP contribution in [0.25, 0.3) is 11.6 Å². The molecular formula is C28H31N5O. The van der Waals surface area contributed by atoms with Crippen LogP contribution in [-0.4, -0.2) is 68.0 Å². The number of fused-ring (bicyclic) bond motifs is 1. The van der Waals surface area contributed by atoms with Gasteiger partial charge in [0.2, 0.25) is 0 Å². The van der Waals surface area contributed by atoms with Crippen LogP contribution in [-0.2, 0) is 6.42 Å². The largest absolute Gasteiger partial charge is 0.369 e. The maximum atomic E-state index is 12.2. The topological polar surface area (TPSA) is 51.7 Å². The lowest BCUT2D eigenvalue weighted by atomic mass is 10.0. The van der Waals surface area contributed by atoms with Gasteiger partial charge < -0.3 is 20.0 Å². The Labute approximate surface area is 201 Å². The van der Waals surface area contributed by atoms with Gasteiger partial charge in [0.15, 0.2) is 0 Å². The molecule has 5 rings (SSSR count). The Morgan fingerprint density at radius 3 is 2.32 bits per heavy atom. The molecule has 0 radical (unpaired) electrons. The average Bonchev–Trinajstić information content (AvgIpc) is 3.30. The summed E-state index contributed by atoms with van der Waals surface area (Å²) in [5.41, 5.74) is 7.77. The van der Waals surface area contributed by atoms with Crippen LogP contribution in [0.1, 0.15) is 27.0 Å². The molecule has 0 spiro atoms. The number of anilines is 3. The van der Waals surface area contributed by atoms with Crippen molar-refractivity contribution in [1.82, 2.24) is 14.8 Å². The lowest BCUT2D eigenvalue weighted by molar-refractivity contribution is 0.0827. The molecule has 1 aliphatic heterocycles. The first-order chi connectivity index (χ1) is 16.5. The average molecular weight is 454 g/mol.